The Morgan fingerprint density at radius 2 is 1.93 bits per heavy atom. The highest BCUT2D eigenvalue weighted by Crippen LogP contribution is 2.33. The molecule has 1 aliphatic heterocycles. The molecule has 2 aromatic heterocycles. The molecule has 0 atom stereocenters. The van der Waals surface area contributed by atoms with Crippen molar-refractivity contribution >= 4 is 0 Å². The molecule has 0 spiro atoms. The van der Waals surface area contributed by atoms with Crippen LogP contribution in [0.3, 0.4) is 0 Å². The summed E-state index contributed by atoms with van der Waals surface area (Å²) in [4.78, 5) is 29.2. The van der Waals surface area contributed by atoms with Gasteiger partial charge in [-0.15, -0.1) is 0 Å². The highest BCUT2D eigenvalue weighted by molar-refractivity contribution is 5.52. The number of alkyl halides is 3. The number of halogens is 4. The molecule has 29 heavy (non-hydrogen) atoms. The van der Waals surface area contributed by atoms with Crippen molar-refractivity contribution in [1.29, 1.82) is 0 Å². The van der Waals surface area contributed by atoms with E-state index in [0.29, 0.717) is 41.7 Å². The van der Waals surface area contributed by atoms with E-state index in [2.05, 4.69) is 19.9 Å². The van der Waals surface area contributed by atoms with Gasteiger partial charge in [0.2, 0.25) is 0 Å². The van der Waals surface area contributed by atoms with E-state index in [0.717, 1.165) is 12.1 Å². The molecule has 0 fully saturated rings. The van der Waals surface area contributed by atoms with Crippen LogP contribution in [0, 0.1) is 5.82 Å². The first kappa shape index (κ1) is 19.2. The van der Waals surface area contributed by atoms with Crippen LogP contribution in [0.25, 0.3) is 11.4 Å². The molecule has 0 saturated carbocycles. The molecule has 10 heteroatoms. The highest BCUT2D eigenvalue weighted by Gasteiger charge is 2.34. The zero-order valence-electron chi connectivity index (χ0n) is 15.0. The van der Waals surface area contributed by atoms with Crippen molar-refractivity contribution in [3.8, 4) is 11.4 Å². The number of benzene rings is 1. The van der Waals surface area contributed by atoms with Gasteiger partial charge < -0.3 is 4.98 Å². The maximum absolute atomic E-state index is 13.3. The van der Waals surface area contributed by atoms with Gasteiger partial charge in [0.15, 0.2) is 0 Å². The lowest BCUT2D eigenvalue weighted by molar-refractivity contribution is -0.138. The number of nitrogens with zero attached hydrogens (tertiary/aromatic N) is 4. The van der Waals surface area contributed by atoms with Crippen LogP contribution in [0.1, 0.15) is 22.4 Å². The number of H-pyrrole nitrogens is 1. The molecule has 1 N–H and O–H groups in total. The van der Waals surface area contributed by atoms with Crippen molar-refractivity contribution < 1.29 is 17.6 Å². The van der Waals surface area contributed by atoms with Crippen LogP contribution in [0.2, 0.25) is 0 Å². The number of aromatic amines is 1. The Labute approximate surface area is 162 Å². The number of rotatable bonds is 3. The topological polar surface area (TPSA) is 74.8 Å². The molecule has 0 radical (unpaired) electrons. The van der Waals surface area contributed by atoms with E-state index < -0.39 is 17.6 Å². The van der Waals surface area contributed by atoms with Crippen molar-refractivity contribution in [2.75, 3.05) is 6.54 Å². The van der Waals surface area contributed by atoms with E-state index in [9.17, 15) is 22.4 Å². The lowest BCUT2D eigenvalue weighted by Crippen LogP contribution is -2.36. The van der Waals surface area contributed by atoms with Crippen LogP contribution in [0.4, 0.5) is 17.6 Å². The molecule has 150 valence electrons. The first-order valence-electron chi connectivity index (χ1n) is 8.76. The molecule has 0 bridgehead atoms. The van der Waals surface area contributed by atoms with Crippen molar-refractivity contribution in [3.05, 3.63) is 75.5 Å². The molecule has 4 rings (SSSR count). The zero-order chi connectivity index (χ0) is 20.6. The van der Waals surface area contributed by atoms with Gasteiger partial charge in [-0.1, -0.05) is 6.07 Å². The van der Waals surface area contributed by atoms with Gasteiger partial charge in [0.25, 0.3) is 5.56 Å². The zero-order valence-corrected chi connectivity index (χ0v) is 15.0. The first-order valence-corrected chi connectivity index (χ1v) is 8.76. The lowest BCUT2D eigenvalue weighted by Gasteiger charge is -2.28. The van der Waals surface area contributed by atoms with Gasteiger partial charge in [-0.25, -0.2) is 19.3 Å². The summed E-state index contributed by atoms with van der Waals surface area (Å²) in [6.07, 6.45) is 0.168. The molecular formula is C19H15F4N5O. The first-order chi connectivity index (χ1) is 13.8. The van der Waals surface area contributed by atoms with Crippen LogP contribution in [0.15, 0.2) is 41.7 Å². The Morgan fingerprint density at radius 1 is 1.17 bits per heavy atom. The molecule has 3 aromatic rings. The van der Waals surface area contributed by atoms with Gasteiger partial charge in [0.05, 0.1) is 22.4 Å². The molecule has 0 saturated heterocycles. The minimum absolute atomic E-state index is 0.0372. The summed E-state index contributed by atoms with van der Waals surface area (Å²) in [5.41, 5.74) is 0.177. The largest absolute Gasteiger partial charge is 0.416 e. The summed E-state index contributed by atoms with van der Waals surface area (Å²) < 4.78 is 53.0. The molecule has 0 aliphatic carbocycles. The second-order valence-corrected chi connectivity index (χ2v) is 6.73. The van der Waals surface area contributed by atoms with Crippen molar-refractivity contribution in [3.63, 3.8) is 0 Å². The van der Waals surface area contributed by atoms with Gasteiger partial charge in [0, 0.05) is 38.4 Å². The highest BCUT2D eigenvalue weighted by atomic mass is 19.4. The van der Waals surface area contributed by atoms with Gasteiger partial charge in [-0.05, 0) is 17.7 Å². The molecule has 3 heterocycles. The van der Waals surface area contributed by atoms with Crippen molar-refractivity contribution in [1.82, 2.24) is 24.8 Å². The standard InChI is InChI=1S/C19H15F4N5O/c20-13-2-1-11(15(5-13)19(21,22)23)8-28-4-3-16-14(9-28)18(29)27-17(26-16)12-6-24-10-25-7-12/h1-2,5-7,10H,3-4,8-9H2,(H,26,27,29). The number of nitrogens with one attached hydrogen (secondary N) is 1. The number of aromatic nitrogens is 4. The van der Waals surface area contributed by atoms with Gasteiger partial charge in [-0.3, -0.25) is 9.69 Å². The summed E-state index contributed by atoms with van der Waals surface area (Å²) in [5.74, 6) is -0.594. The predicted molar refractivity (Wildman–Crippen MR) is 95.1 cm³/mol. The Hall–Kier alpha value is -3.14. The smallest absolute Gasteiger partial charge is 0.306 e. The van der Waals surface area contributed by atoms with E-state index >= 15 is 0 Å². The molecular weight excluding hydrogens is 390 g/mol. The van der Waals surface area contributed by atoms with Crippen LogP contribution in [-0.4, -0.2) is 31.4 Å². The Bertz CT molecular complexity index is 1100. The summed E-state index contributed by atoms with van der Waals surface area (Å²) in [6.45, 7) is 0.517. The van der Waals surface area contributed by atoms with Crippen LogP contribution >= 0.6 is 0 Å². The second kappa shape index (κ2) is 7.36. The quantitative estimate of drug-likeness (QED) is 0.679. The molecule has 1 aromatic carbocycles. The summed E-state index contributed by atoms with van der Waals surface area (Å²) in [6, 6.07) is 2.63. The third kappa shape index (κ3) is 4.02. The van der Waals surface area contributed by atoms with E-state index in [1.165, 1.54) is 18.7 Å². The van der Waals surface area contributed by atoms with Gasteiger partial charge in [-0.2, -0.15) is 13.2 Å². The Morgan fingerprint density at radius 3 is 2.66 bits per heavy atom. The second-order valence-electron chi connectivity index (χ2n) is 6.73. The molecule has 6 nitrogen and oxygen atoms in total. The maximum atomic E-state index is 13.3. The minimum atomic E-state index is -4.66. The Kier molecular flexibility index (Phi) is 4.87. The van der Waals surface area contributed by atoms with Crippen molar-refractivity contribution in [2.24, 2.45) is 0 Å². The fourth-order valence-corrected chi connectivity index (χ4v) is 3.37. The number of hydrogen-bond acceptors (Lipinski definition) is 5. The van der Waals surface area contributed by atoms with Crippen LogP contribution in [-0.2, 0) is 25.7 Å². The van der Waals surface area contributed by atoms with Gasteiger partial charge >= 0.3 is 6.18 Å². The number of fused-ring (bicyclic) bond motifs is 1. The van der Waals surface area contributed by atoms with E-state index in [1.54, 1.807) is 4.90 Å². The summed E-state index contributed by atoms with van der Waals surface area (Å²) in [5, 5.41) is 0. The monoisotopic (exact) mass is 405 g/mol. The lowest BCUT2D eigenvalue weighted by atomic mass is 10.0. The fraction of sp³-hybridized carbons (Fsp3) is 0.263. The van der Waals surface area contributed by atoms with Crippen LogP contribution in [0.5, 0.6) is 0 Å². The summed E-state index contributed by atoms with van der Waals surface area (Å²) >= 11 is 0. The van der Waals surface area contributed by atoms with Crippen molar-refractivity contribution in [2.45, 2.75) is 25.7 Å². The van der Waals surface area contributed by atoms with Crippen LogP contribution < -0.4 is 5.56 Å². The Balaban J connectivity index is 1.60. The van der Waals surface area contributed by atoms with E-state index in [4.69, 9.17) is 0 Å². The fourth-order valence-electron chi connectivity index (χ4n) is 3.37. The maximum Gasteiger partial charge on any atom is 0.416 e. The summed E-state index contributed by atoms with van der Waals surface area (Å²) in [7, 11) is 0. The predicted octanol–water partition coefficient (Wildman–Crippen LogP) is 2.94. The van der Waals surface area contributed by atoms with Gasteiger partial charge in [0.1, 0.15) is 18.0 Å². The third-order valence-corrected chi connectivity index (χ3v) is 4.75. The SMILES string of the molecule is O=c1[nH]c(-c2cncnc2)nc2c1CN(Cc1ccc(F)cc1C(F)(F)F)CC2. The normalized spacial score (nSPS) is 14.6. The average Bonchev–Trinajstić information content (AvgIpc) is 2.69. The molecule has 0 amide bonds. The minimum Gasteiger partial charge on any atom is -0.306 e. The number of hydrogen-bond donors (Lipinski definition) is 1. The average molecular weight is 405 g/mol. The third-order valence-electron chi connectivity index (χ3n) is 4.75. The van der Waals surface area contributed by atoms with E-state index in [-0.39, 0.29) is 24.2 Å². The molecule has 1 aliphatic rings. The molecule has 0 unspecified atom stereocenters. The van der Waals surface area contributed by atoms with E-state index in [1.807, 2.05) is 0 Å².